The van der Waals surface area contributed by atoms with E-state index in [0.29, 0.717) is 12.3 Å². The molecule has 1 rings (SSSR count). The maximum atomic E-state index is 12.1. The highest BCUT2D eigenvalue weighted by molar-refractivity contribution is 5.78. The minimum Gasteiger partial charge on any atom is -0.469 e. The number of esters is 1. The van der Waals surface area contributed by atoms with Crippen LogP contribution in [0, 0.1) is 5.92 Å². The molecule has 8 nitrogen and oxygen atoms in total. The van der Waals surface area contributed by atoms with Crippen LogP contribution in [0.4, 0.5) is 4.79 Å². The van der Waals surface area contributed by atoms with E-state index < -0.39 is 29.7 Å². The molecule has 0 bridgehead atoms. The lowest BCUT2D eigenvalue weighted by molar-refractivity contribution is -0.142. The summed E-state index contributed by atoms with van der Waals surface area (Å²) in [6.07, 6.45) is 5.47. The number of alkyl carbamates (subject to hydrolysis) is 1. The van der Waals surface area contributed by atoms with Crippen LogP contribution in [0.3, 0.4) is 0 Å². The van der Waals surface area contributed by atoms with Gasteiger partial charge in [0.15, 0.2) is 6.04 Å². The first-order valence-electron chi connectivity index (χ1n) is 8.38. The number of carbonyl (C=O) groups excluding carboxylic acids is 2. The van der Waals surface area contributed by atoms with Gasteiger partial charge < -0.3 is 14.8 Å². The third kappa shape index (κ3) is 7.08. The van der Waals surface area contributed by atoms with Gasteiger partial charge in [-0.15, -0.1) is 0 Å². The molecule has 1 amide bonds. The minimum absolute atomic E-state index is 0.375. The number of nitrogens with zero attached hydrogens (tertiary/aromatic N) is 3. The summed E-state index contributed by atoms with van der Waals surface area (Å²) in [6.45, 7) is 5.27. The van der Waals surface area contributed by atoms with Crippen LogP contribution in [-0.2, 0) is 14.3 Å². The summed E-state index contributed by atoms with van der Waals surface area (Å²) in [7, 11) is 1.23. The Morgan fingerprint density at radius 2 is 1.92 bits per heavy atom. The van der Waals surface area contributed by atoms with E-state index in [0.717, 1.165) is 25.7 Å². The van der Waals surface area contributed by atoms with Crippen molar-refractivity contribution in [1.82, 2.24) is 5.32 Å². The average Bonchev–Trinajstić information content (AvgIpc) is 2.50. The lowest BCUT2D eigenvalue weighted by Crippen LogP contribution is -2.48. The molecule has 1 saturated carbocycles. The topological polar surface area (TPSA) is 113 Å². The standard InChI is InChI=1S/C16H28N4O4/c1-16(2,3)24-15(22)18-12(10-11-8-6-5-7-9-11)13(19-20-17)14(21)23-4/h11-13H,5-10H2,1-4H3,(H,18,22)/t12-,13-/m0/s1. The quantitative estimate of drug-likeness (QED) is 0.343. The zero-order valence-corrected chi connectivity index (χ0v) is 14.9. The molecule has 0 unspecified atom stereocenters. The molecule has 0 spiro atoms. The Morgan fingerprint density at radius 1 is 1.29 bits per heavy atom. The van der Waals surface area contributed by atoms with E-state index in [1.54, 1.807) is 20.8 Å². The van der Waals surface area contributed by atoms with Crippen LogP contribution in [-0.4, -0.2) is 36.9 Å². The smallest absolute Gasteiger partial charge is 0.407 e. The van der Waals surface area contributed by atoms with E-state index in [4.69, 9.17) is 15.0 Å². The molecule has 1 N–H and O–H groups in total. The Kier molecular flexibility index (Phi) is 7.85. The summed E-state index contributed by atoms with van der Waals surface area (Å²) in [5, 5.41) is 6.24. The van der Waals surface area contributed by atoms with Crippen LogP contribution in [0.5, 0.6) is 0 Å². The molecule has 136 valence electrons. The molecular weight excluding hydrogens is 312 g/mol. The van der Waals surface area contributed by atoms with Gasteiger partial charge in [-0.1, -0.05) is 37.2 Å². The number of hydrogen-bond donors (Lipinski definition) is 1. The van der Waals surface area contributed by atoms with Gasteiger partial charge in [-0.2, -0.15) is 0 Å². The SMILES string of the molecule is COC(=O)[C@@H](N=[N+]=[N-])[C@H](CC1CCCCC1)NC(=O)OC(C)(C)C. The Bertz CT molecular complexity index is 477. The average molecular weight is 340 g/mol. The number of methoxy groups -OCH3 is 1. The van der Waals surface area contributed by atoms with Gasteiger partial charge in [-0.05, 0) is 38.6 Å². The summed E-state index contributed by atoms with van der Waals surface area (Å²) in [4.78, 5) is 26.8. The molecule has 0 radical (unpaired) electrons. The monoisotopic (exact) mass is 340 g/mol. The molecule has 0 aromatic heterocycles. The normalized spacial score (nSPS) is 18.0. The number of nitrogens with one attached hydrogen (secondary N) is 1. The number of rotatable bonds is 6. The van der Waals surface area contributed by atoms with Crippen LogP contribution in [0.25, 0.3) is 10.4 Å². The third-order valence-corrected chi connectivity index (χ3v) is 4.01. The number of carbonyl (C=O) groups is 2. The van der Waals surface area contributed by atoms with Gasteiger partial charge >= 0.3 is 12.1 Å². The number of hydrogen-bond acceptors (Lipinski definition) is 5. The zero-order valence-electron chi connectivity index (χ0n) is 14.9. The van der Waals surface area contributed by atoms with Crippen LogP contribution in [0.2, 0.25) is 0 Å². The first-order chi connectivity index (χ1) is 11.3. The van der Waals surface area contributed by atoms with E-state index in [1.165, 1.54) is 13.5 Å². The van der Waals surface area contributed by atoms with Crippen LogP contribution >= 0.6 is 0 Å². The minimum atomic E-state index is -1.10. The highest BCUT2D eigenvalue weighted by Crippen LogP contribution is 2.28. The molecule has 2 atom stereocenters. The zero-order chi connectivity index (χ0) is 18.2. The first-order valence-corrected chi connectivity index (χ1v) is 8.38. The van der Waals surface area contributed by atoms with Crippen molar-refractivity contribution in [3.05, 3.63) is 10.4 Å². The molecule has 0 heterocycles. The molecule has 1 aliphatic rings. The number of ether oxygens (including phenoxy) is 2. The lowest BCUT2D eigenvalue weighted by Gasteiger charge is -2.30. The van der Waals surface area contributed by atoms with Gasteiger partial charge in [0, 0.05) is 4.91 Å². The van der Waals surface area contributed by atoms with Crippen molar-refractivity contribution < 1.29 is 19.1 Å². The third-order valence-electron chi connectivity index (χ3n) is 4.01. The number of azide groups is 1. The first kappa shape index (κ1) is 20.1. The Morgan fingerprint density at radius 3 is 2.42 bits per heavy atom. The Balaban J connectivity index is 2.88. The number of amides is 1. The Hall–Kier alpha value is -1.95. The van der Waals surface area contributed by atoms with Crippen molar-refractivity contribution in [2.45, 2.75) is 77.0 Å². The van der Waals surface area contributed by atoms with Gasteiger partial charge in [0.05, 0.1) is 13.2 Å². The van der Waals surface area contributed by atoms with E-state index in [1.807, 2.05) is 0 Å². The fraction of sp³-hybridized carbons (Fsp3) is 0.875. The second kappa shape index (κ2) is 9.37. The van der Waals surface area contributed by atoms with E-state index in [9.17, 15) is 9.59 Å². The van der Waals surface area contributed by atoms with Gasteiger partial charge in [-0.3, -0.25) is 4.79 Å². The molecular formula is C16H28N4O4. The van der Waals surface area contributed by atoms with Crippen molar-refractivity contribution in [1.29, 1.82) is 0 Å². The van der Waals surface area contributed by atoms with Gasteiger partial charge in [-0.25, -0.2) is 4.79 Å². The van der Waals surface area contributed by atoms with Crippen LogP contribution in [0.1, 0.15) is 59.3 Å². The van der Waals surface area contributed by atoms with Crippen LogP contribution in [0.15, 0.2) is 5.11 Å². The van der Waals surface area contributed by atoms with Gasteiger partial charge in [0.1, 0.15) is 5.60 Å². The maximum Gasteiger partial charge on any atom is 0.407 e. The van der Waals surface area contributed by atoms with E-state index in [-0.39, 0.29) is 0 Å². The van der Waals surface area contributed by atoms with Crippen LogP contribution < -0.4 is 5.32 Å². The molecule has 0 aliphatic heterocycles. The largest absolute Gasteiger partial charge is 0.469 e. The molecule has 0 aromatic rings. The Labute approximate surface area is 142 Å². The highest BCUT2D eigenvalue weighted by atomic mass is 16.6. The molecule has 0 aromatic carbocycles. The van der Waals surface area contributed by atoms with Crippen molar-refractivity contribution in [3.8, 4) is 0 Å². The summed E-state index contributed by atoms with van der Waals surface area (Å²) in [5.41, 5.74) is 8.11. The highest BCUT2D eigenvalue weighted by Gasteiger charge is 2.33. The lowest BCUT2D eigenvalue weighted by atomic mass is 9.83. The van der Waals surface area contributed by atoms with Crippen molar-refractivity contribution >= 4 is 12.1 Å². The summed E-state index contributed by atoms with van der Waals surface area (Å²) >= 11 is 0. The maximum absolute atomic E-state index is 12.1. The molecule has 0 saturated heterocycles. The van der Waals surface area contributed by atoms with Crippen molar-refractivity contribution in [3.63, 3.8) is 0 Å². The van der Waals surface area contributed by atoms with Crippen molar-refractivity contribution in [2.24, 2.45) is 11.0 Å². The predicted molar refractivity (Wildman–Crippen MR) is 89.3 cm³/mol. The van der Waals surface area contributed by atoms with Crippen molar-refractivity contribution in [2.75, 3.05) is 7.11 Å². The fourth-order valence-corrected chi connectivity index (χ4v) is 2.98. The molecule has 1 aliphatic carbocycles. The van der Waals surface area contributed by atoms with E-state index in [2.05, 4.69) is 15.3 Å². The molecule has 1 fully saturated rings. The second-order valence-electron chi connectivity index (χ2n) is 7.17. The second-order valence-corrected chi connectivity index (χ2v) is 7.17. The predicted octanol–water partition coefficient (Wildman–Crippen LogP) is 3.70. The van der Waals surface area contributed by atoms with E-state index >= 15 is 0 Å². The fourth-order valence-electron chi connectivity index (χ4n) is 2.98. The van der Waals surface area contributed by atoms with Gasteiger partial charge in [0.2, 0.25) is 0 Å². The van der Waals surface area contributed by atoms with Gasteiger partial charge in [0.25, 0.3) is 0 Å². The summed E-state index contributed by atoms with van der Waals surface area (Å²) in [6, 6.07) is -1.75. The summed E-state index contributed by atoms with van der Waals surface area (Å²) < 4.78 is 9.98. The summed E-state index contributed by atoms with van der Waals surface area (Å²) in [5.74, 6) is -0.288. The molecule has 8 heteroatoms. The molecule has 24 heavy (non-hydrogen) atoms.